The van der Waals surface area contributed by atoms with Gasteiger partial charge in [-0.2, -0.15) is 10.2 Å². The molecule has 1 aliphatic rings. The quantitative estimate of drug-likeness (QED) is 0.769. The summed E-state index contributed by atoms with van der Waals surface area (Å²) in [6.07, 6.45) is 0.853. The molecule has 0 spiro atoms. The van der Waals surface area contributed by atoms with Crippen LogP contribution in [0.25, 0.3) is 0 Å². The van der Waals surface area contributed by atoms with Crippen LogP contribution in [0.1, 0.15) is 20.1 Å². The van der Waals surface area contributed by atoms with Crippen LogP contribution in [0.4, 0.5) is 5.82 Å². The average molecular weight is 264 g/mol. The number of nitrogens with two attached hydrogens (primary N) is 1. The number of nitrogen functional groups attached to an aromatic ring is 1. The lowest BCUT2D eigenvalue weighted by Crippen LogP contribution is -2.37. The van der Waals surface area contributed by atoms with Gasteiger partial charge in [0.15, 0.2) is 5.60 Å². The van der Waals surface area contributed by atoms with Crippen molar-refractivity contribution in [2.45, 2.75) is 25.7 Å². The zero-order valence-electron chi connectivity index (χ0n) is 10.8. The van der Waals surface area contributed by atoms with Gasteiger partial charge in [0, 0.05) is 18.0 Å². The van der Waals surface area contributed by atoms with Crippen molar-refractivity contribution >= 4 is 5.82 Å². The highest BCUT2D eigenvalue weighted by atomic mass is 16.5. The van der Waals surface area contributed by atoms with E-state index in [2.05, 4.69) is 4.98 Å². The Balaban J connectivity index is 2.43. The molecule has 1 fully saturated rings. The van der Waals surface area contributed by atoms with Gasteiger partial charge < -0.3 is 15.6 Å². The predicted molar refractivity (Wildman–Crippen MR) is 66.8 cm³/mol. The molecule has 2 heterocycles. The van der Waals surface area contributed by atoms with E-state index in [1.54, 1.807) is 0 Å². The lowest BCUT2D eigenvalue weighted by atomic mass is 9.84. The smallest absolute Gasteiger partial charge is 0.351 e. The summed E-state index contributed by atoms with van der Waals surface area (Å²) in [5.74, 6) is -0.194. The van der Waals surface area contributed by atoms with Crippen LogP contribution in [0, 0.1) is 23.2 Å². The van der Waals surface area contributed by atoms with Crippen molar-refractivity contribution < 1.29 is 9.84 Å². The molecule has 0 aliphatic carbocycles. The number of hydrogen-bond acceptors (Lipinski definition) is 6. The molecule has 0 saturated carbocycles. The molecule has 0 amide bonds. The molecule has 102 valence electrons. The highest BCUT2D eigenvalue weighted by molar-refractivity contribution is 5.23. The van der Waals surface area contributed by atoms with Gasteiger partial charge in [0.2, 0.25) is 0 Å². The number of aromatic nitrogens is 2. The number of hydrogen-bond donors (Lipinski definition) is 2. The molecule has 7 nitrogen and oxygen atoms in total. The topological polar surface area (TPSA) is 114 Å². The van der Waals surface area contributed by atoms with E-state index in [-0.39, 0.29) is 17.7 Å². The fourth-order valence-corrected chi connectivity index (χ4v) is 2.38. The SMILES string of the molecule is CC1C(n2ccc(N)nc2=O)OC(C#N)(CO)C1C. The molecular formula is C12H16N4O3. The van der Waals surface area contributed by atoms with Crippen LogP contribution in [-0.2, 0) is 4.74 Å². The van der Waals surface area contributed by atoms with E-state index in [1.807, 2.05) is 19.9 Å². The van der Waals surface area contributed by atoms with Crippen molar-refractivity contribution in [3.63, 3.8) is 0 Å². The number of aliphatic hydroxyl groups is 1. The molecule has 3 N–H and O–H groups in total. The molecule has 19 heavy (non-hydrogen) atoms. The van der Waals surface area contributed by atoms with Gasteiger partial charge in [-0.15, -0.1) is 0 Å². The fourth-order valence-electron chi connectivity index (χ4n) is 2.38. The van der Waals surface area contributed by atoms with Crippen LogP contribution in [0.3, 0.4) is 0 Å². The Bertz CT molecular complexity index is 579. The van der Waals surface area contributed by atoms with Crippen molar-refractivity contribution in [3.8, 4) is 6.07 Å². The molecule has 7 heteroatoms. The third-order valence-corrected chi connectivity index (χ3v) is 3.85. The lowest BCUT2D eigenvalue weighted by Gasteiger charge is -2.22. The first-order valence-electron chi connectivity index (χ1n) is 6.00. The third kappa shape index (κ3) is 1.99. The normalized spacial score (nSPS) is 34.1. The lowest BCUT2D eigenvalue weighted by molar-refractivity contribution is -0.0790. The minimum atomic E-state index is -1.29. The van der Waals surface area contributed by atoms with Crippen molar-refractivity contribution in [1.29, 1.82) is 5.26 Å². The second kappa shape index (κ2) is 4.64. The van der Waals surface area contributed by atoms with E-state index < -0.39 is 24.1 Å². The standard InChI is InChI=1S/C12H16N4O3/c1-7-8(2)12(5-13,6-17)19-10(7)16-4-3-9(14)15-11(16)18/h3-4,7-8,10,17H,6H2,1-2H3,(H2,14,15,18). The minimum Gasteiger partial charge on any atom is -0.392 e. The number of rotatable bonds is 2. The maximum absolute atomic E-state index is 11.8. The Kier molecular flexibility index (Phi) is 3.30. The Labute approximate surface area is 110 Å². The molecule has 0 bridgehead atoms. The highest BCUT2D eigenvalue weighted by Crippen LogP contribution is 2.44. The van der Waals surface area contributed by atoms with Gasteiger partial charge >= 0.3 is 5.69 Å². The molecule has 1 aliphatic heterocycles. The second-order valence-corrected chi connectivity index (χ2v) is 4.86. The average Bonchev–Trinajstić information content (AvgIpc) is 2.64. The van der Waals surface area contributed by atoms with Gasteiger partial charge in [-0.1, -0.05) is 13.8 Å². The summed E-state index contributed by atoms with van der Waals surface area (Å²) < 4.78 is 6.95. The Morgan fingerprint density at radius 1 is 1.68 bits per heavy atom. The molecule has 0 aromatic carbocycles. The van der Waals surface area contributed by atoms with E-state index in [4.69, 9.17) is 10.5 Å². The van der Waals surface area contributed by atoms with Crippen molar-refractivity contribution in [3.05, 3.63) is 22.7 Å². The number of nitrogens with zero attached hydrogens (tertiary/aromatic N) is 3. The zero-order valence-corrected chi connectivity index (χ0v) is 10.8. The zero-order chi connectivity index (χ0) is 14.2. The van der Waals surface area contributed by atoms with E-state index >= 15 is 0 Å². The Morgan fingerprint density at radius 2 is 2.37 bits per heavy atom. The summed E-state index contributed by atoms with van der Waals surface area (Å²) in [5.41, 5.74) is 3.62. The van der Waals surface area contributed by atoms with Gasteiger partial charge in [-0.25, -0.2) is 4.79 Å². The molecule has 2 rings (SSSR count). The molecule has 1 saturated heterocycles. The van der Waals surface area contributed by atoms with Crippen molar-refractivity contribution in [2.75, 3.05) is 12.3 Å². The molecule has 0 radical (unpaired) electrons. The first-order valence-corrected chi connectivity index (χ1v) is 6.00. The van der Waals surface area contributed by atoms with Gasteiger partial charge in [0.05, 0.1) is 6.61 Å². The van der Waals surface area contributed by atoms with Crippen molar-refractivity contribution in [2.24, 2.45) is 11.8 Å². The molecule has 1 aromatic rings. The summed E-state index contributed by atoms with van der Waals surface area (Å²) in [4.78, 5) is 15.5. The van der Waals surface area contributed by atoms with E-state index in [0.717, 1.165) is 0 Å². The number of aliphatic hydroxyl groups excluding tert-OH is 1. The van der Waals surface area contributed by atoms with Gasteiger partial charge in [-0.05, 0) is 6.07 Å². The molecule has 4 unspecified atom stereocenters. The van der Waals surface area contributed by atoms with Gasteiger partial charge in [0.25, 0.3) is 0 Å². The van der Waals surface area contributed by atoms with Crippen molar-refractivity contribution in [1.82, 2.24) is 9.55 Å². The summed E-state index contributed by atoms with van der Waals surface area (Å²) in [7, 11) is 0. The highest BCUT2D eigenvalue weighted by Gasteiger charge is 2.52. The maximum atomic E-state index is 11.8. The molecule has 4 atom stereocenters. The first kappa shape index (κ1) is 13.5. The van der Waals surface area contributed by atoms with Crippen LogP contribution in [0.5, 0.6) is 0 Å². The maximum Gasteiger partial charge on any atom is 0.351 e. The third-order valence-electron chi connectivity index (χ3n) is 3.85. The predicted octanol–water partition coefficient (Wildman–Crippen LogP) is -0.119. The number of ether oxygens (including phenoxy) is 1. The van der Waals surface area contributed by atoms with E-state index in [0.29, 0.717) is 0 Å². The molecule has 1 aromatic heterocycles. The van der Waals surface area contributed by atoms with Crippen LogP contribution in [-0.4, -0.2) is 26.9 Å². The summed E-state index contributed by atoms with van der Waals surface area (Å²) in [5, 5.41) is 18.6. The summed E-state index contributed by atoms with van der Waals surface area (Å²) >= 11 is 0. The van der Waals surface area contributed by atoms with Crippen LogP contribution < -0.4 is 11.4 Å². The van der Waals surface area contributed by atoms with E-state index in [1.165, 1.54) is 16.8 Å². The van der Waals surface area contributed by atoms with Crippen LogP contribution in [0.15, 0.2) is 17.1 Å². The van der Waals surface area contributed by atoms with Crippen LogP contribution in [0.2, 0.25) is 0 Å². The second-order valence-electron chi connectivity index (χ2n) is 4.86. The monoisotopic (exact) mass is 264 g/mol. The summed E-state index contributed by atoms with van der Waals surface area (Å²) in [6.45, 7) is 3.27. The minimum absolute atomic E-state index is 0.116. The fraction of sp³-hybridized carbons (Fsp3) is 0.583. The number of anilines is 1. The number of nitriles is 1. The van der Waals surface area contributed by atoms with E-state index in [9.17, 15) is 15.2 Å². The van der Waals surface area contributed by atoms with Gasteiger partial charge in [-0.3, -0.25) is 4.57 Å². The van der Waals surface area contributed by atoms with Crippen LogP contribution >= 0.6 is 0 Å². The Hall–Kier alpha value is -1.91. The summed E-state index contributed by atoms with van der Waals surface area (Å²) in [6, 6.07) is 3.50. The molecular weight excluding hydrogens is 248 g/mol. The van der Waals surface area contributed by atoms with Gasteiger partial charge in [0.1, 0.15) is 18.1 Å². The first-order chi connectivity index (χ1) is 8.95. The largest absolute Gasteiger partial charge is 0.392 e. The Morgan fingerprint density at radius 3 is 2.84 bits per heavy atom.